The highest BCUT2D eigenvalue weighted by molar-refractivity contribution is 5.98. The Labute approximate surface area is 136 Å². The number of aromatic carboxylic acids is 1. The lowest BCUT2D eigenvalue weighted by atomic mass is 10.1. The Bertz CT molecular complexity index is 1070. The molecule has 0 aliphatic rings. The van der Waals surface area contributed by atoms with Crippen molar-refractivity contribution in [1.82, 2.24) is 9.55 Å². The number of carbonyl (C=O) groups is 1. The van der Waals surface area contributed by atoms with Crippen LogP contribution in [-0.2, 0) is 7.05 Å². The highest BCUT2D eigenvalue weighted by atomic mass is 19.1. The Balaban J connectivity index is 2.51. The topological polar surface area (TPSA) is 75.4 Å². The molecular formula is C17H16FN3O3. The van der Waals surface area contributed by atoms with Gasteiger partial charge in [0.2, 0.25) is 5.43 Å². The molecule has 24 heavy (non-hydrogen) atoms. The molecule has 0 amide bonds. The van der Waals surface area contributed by atoms with Crippen LogP contribution in [0.3, 0.4) is 0 Å². The van der Waals surface area contributed by atoms with E-state index in [4.69, 9.17) is 5.11 Å². The number of halogens is 1. The fraction of sp³-hybridized carbons (Fsp3) is 0.235. The Morgan fingerprint density at radius 3 is 2.58 bits per heavy atom. The molecule has 0 radical (unpaired) electrons. The fourth-order valence-corrected chi connectivity index (χ4v) is 3.02. The molecule has 6 nitrogen and oxygen atoms in total. The first-order valence-corrected chi connectivity index (χ1v) is 7.26. The van der Waals surface area contributed by atoms with Crippen LogP contribution in [-0.4, -0.2) is 34.7 Å². The number of anilines is 1. The molecular weight excluding hydrogens is 313 g/mol. The highest BCUT2D eigenvalue weighted by Gasteiger charge is 2.18. The number of carboxylic acid groups (broad SMARTS) is 1. The summed E-state index contributed by atoms with van der Waals surface area (Å²) in [5.74, 6) is -1.72. The molecule has 0 spiro atoms. The molecule has 124 valence electrons. The Morgan fingerprint density at radius 1 is 1.33 bits per heavy atom. The second-order valence-corrected chi connectivity index (χ2v) is 5.95. The average Bonchev–Trinajstić information content (AvgIpc) is 2.49. The third-order valence-electron chi connectivity index (χ3n) is 4.07. The van der Waals surface area contributed by atoms with Crippen LogP contribution in [0.2, 0.25) is 0 Å². The van der Waals surface area contributed by atoms with Gasteiger partial charge in [-0.05, 0) is 19.1 Å². The number of rotatable bonds is 2. The summed E-state index contributed by atoms with van der Waals surface area (Å²) >= 11 is 0. The molecule has 0 unspecified atom stereocenters. The van der Waals surface area contributed by atoms with Gasteiger partial charge >= 0.3 is 5.97 Å². The van der Waals surface area contributed by atoms with Crippen LogP contribution in [0.1, 0.15) is 15.9 Å². The summed E-state index contributed by atoms with van der Waals surface area (Å²) in [4.78, 5) is 29.8. The van der Waals surface area contributed by atoms with Crippen LogP contribution >= 0.6 is 0 Å². The fourth-order valence-electron chi connectivity index (χ4n) is 3.02. The lowest BCUT2D eigenvalue weighted by Crippen LogP contribution is -2.19. The smallest absolute Gasteiger partial charge is 0.341 e. The van der Waals surface area contributed by atoms with E-state index >= 15 is 0 Å². The minimum absolute atomic E-state index is 0.154. The third-order valence-corrected chi connectivity index (χ3v) is 4.07. The maximum atomic E-state index is 14.4. The Morgan fingerprint density at radius 2 is 2.00 bits per heavy atom. The van der Waals surface area contributed by atoms with Crippen LogP contribution in [0, 0.1) is 12.7 Å². The van der Waals surface area contributed by atoms with Crippen molar-refractivity contribution >= 4 is 33.6 Å². The van der Waals surface area contributed by atoms with E-state index in [1.807, 2.05) is 0 Å². The summed E-state index contributed by atoms with van der Waals surface area (Å²) in [6, 6.07) is 2.82. The Hall–Kier alpha value is -2.96. The summed E-state index contributed by atoms with van der Waals surface area (Å²) in [7, 11) is 5.11. The van der Waals surface area contributed by atoms with E-state index in [0.717, 1.165) is 0 Å². The number of aryl methyl sites for hydroxylation is 2. The molecule has 3 aromatic rings. The van der Waals surface area contributed by atoms with Gasteiger partial charge < -0.3 is 14.6 Å². The molecule has 0 atom stereocenters. The van der Waals surface area contributed by atoms with Crippen LogP contribution in [0.15, 0.2) is 23.1 Å². The monoisotopic (exact) mass is 329 g/mol. The second kappa shape index (κ2) is 5.30. The van der Waals surface area contributed by atoms with Crippen LogP contribution in [0.25, 0.3) is 21.9 Å². The molecule has 0 bridgehead atoms. The van der Waals surface area contributed by atoms with E-state index in [1.54, 1.807) is 33.0 Å². The number of hydrogen-bond acceptors (Lipinski definition) is 4. The second-order valence-electron chi connectivity index (χ2n) is 5.95. The van der Waals surface area contributed by atoms with E-state index in [9.17, 15) is 14.0 Å². The van der Waals surface area contributed by atoms with Crippen molar-refractivity contribution < 1.29 is 14.3 Å². The number of hydrogen-bond donors (Lipinski definition) is 1. The molecule has 1 aromatic carbocycles. The first kappa shape index (κ1) is 15.9. The van der Waals surface area contributed by atoms with Crippen molar-refractivity contribution in [2.75, 3.05) is 19.0 Å². The van der Waals surface area contributed by atoms with Gasteiger partial charge in [0.15, 0.2) is 0 Å². The van der Waals surface area contributed by atoms with E-state index in [1.165, 1.54) is 22.9 Å². The van der Waals surface area contributed by atoms with Crippen molar-refractivity contribution in [3.05, 3.63) is 45.5 Å². The SMILES string of the molecule is Cc1c(N(C)C)c(F)cc2cc3c(=O)c(C(=O)O)cn(C)c3nc12. The normalized spacial score (nSPS) is 11.2. The molecule has 7 heteroatoms. The van der Waals surface area contributed by atoms with Crippen LogP contribution < -0.4 is 10.3 Å². The molecule has 1 N–H and O–H groups in total. The summed E-state index contributed by atoms with van der Waals surface area (Å²) in [5.41, 5.74) is 1.06. The molecule has 0 saturated heterocycles. The number of carboxylic acids is 1. The number of pyridine rings is 2. The predicted octanol–water partition coefficient (Wildman–Crippen LogP) is 2.30. The quantitative estimate of drug-likeness (QED) is 0.730. The van der Waals surface area contributed by atoms with Gasteiger partial charge in [-0.2, -0.15) is 0 Å². The van der Waals surface area contributed by atoms with Crippen LogP contribution in [0.4, 0.5) is 10.1 Å². The molecule has 2 aromatic heterocycles. The first-order valence-electron chi connectivity index (χ1n) is 7.26. The van der Waals surface area contributed by atoms with E-state index in [-0.39, 0.29) is 10.9 Å². The summed E-state index contributed by atoms with van der Waals surface area (Å²) < 4.78 is 15.9. The average molecular weight is 329 g/mol. The lowest BCUT2D eigenvalue weighted by Gasteiger charge is -2.18. The van der Waals surface area contributed by atoms with Gasteiger partial charge in [-0.1, -0.05) is 0 Å². The van der Waals surface area contributed by atoms with Gasteiger partial charge in [0.25, 0.3) is 0 Å². The number of benzene rings is 1. The largest absolute Gasteiger partial charge is 0.477 e. The van der Waals surface area contributed by atoms with Gasteiger partial charge in [0.1, 0.15) is 17.0 Å². The van der Waals surface area contributed by atoms with Crippen LogP contribution in [0.5, 0.6) is 0 Å². The predicted molar refractivity (Wildman–Crippen MR) is 90.5 cm³/mol. The summed E-state index contributed by atoms with van der Waals surface area (Å²) in [6.07, 6.45) is 1.25. The van der Waals surface area contributed by atoms with Gasteiger partial charge in [0, 0.05) is 38.3 Å². The number of fused-ring (bicyclic) bond motifs is 2. The number of nitrogens with zero attached hydrogens (tertiary/aromatic N) is 3. The van der Waals surface area contributed by atoms with E-state index in [2.05, 4.69) is 4.98 Å². The third kappa shape index (κ3) is 2.20. The van der Waals surface area contributed by atoms with Gasteiger partial charge in [0.05, 0.1) is 16.6 Å². The maximum Gasteiger partial charge on any atom is 0.341 e. The van der Waals surface area contributed by atoms with E-state index in [0.29, 0.717) is 27.8 Å². The molecule has 0 saturated carbocycles. The van der Waals surface area contributed by atoms with Crippen molar-refractivity contribution in [3.8, 4) is 0 Å². The van der Waals surface area contributed by atoms with Gasteiger partial charge in [-0.15, -0.1) is 0 Å². The molecule has 2 heterocycles. The highest BCUT2D eigenvalue weighted by Crippen LogP contribution is 2.30. The molecule has 0 fully saturated rings. The van der Waals surface area contributed by atoms with Gasteiger partial charge in [-0.25, -0.2) is 14.2 Å². The standard InChI is InChI=1S/C17H16FN3O3/c1-8-13-9(6-12(18)14(8)20(2)3)5-10-15(22)11(17(23)24)7-21(4)16(10)19-13/h5-7H,1-4H3,(H,23,24). The van der Waals surface area contributed by atoms with Crippen molar-refractivity contribution in [3.63, 3.8) is 0 Å². The Kier molecular flexibility index (Phi) is 3.51. The first-order chi connectivity index (χ1) is 11.2. The summed E-state index contributed by atoms with van der Waals surface area (Å²) in [5, 5.41) is 9.76. The maximum absolute atomic E-state index is 14.4. The zero-order valence-electron chi connectivity index (χ0n) is 13.7. The lowest BCUT2D eigenvalue weighted by molar-refractivity contribution is 0.0695. The van der Waals surface area contributed by atoms with Crippen molar-refractivity contribution in [1.29, 1.82) is 0 Å². The molecule has 0 aliphatic carbocycles. The van der Waals surface area contributed by atoms with Crippen molar-refractivity contribution in [2.24, 2.45) is 7.05 Å². The number of aromatic nitrogens is 2. The minimum atomic E-state index is -1.30. The molecule has 0 aliphatic heterocycles. The van der Waals surface area contributed by atoms with E-state index < -0.39 is 17.2 Å². The zero-order valence-corrected chi connectivity index (χ0v) is 13.7. The molecule has 3 rings (SSSR count). The van der Waals surface area contributed by atoms with Gasteiger partial charge in [-0.3, -0.25) is 4.79 Å². The summed E-state index contributed by atoms with van der Waals surface area (Å²) in [6.45, 7) is 1.77. The zero-order chi connectivity index (χ0) is 17.8. The minimum Gasteiger partial charge on any atom is -0.477 e. The van der Waals surface area contributed by atoms with Crippen molar-refractivity contribution in [2.45, 2.75) is 6.92 Å².